The molecule has 5 rings (SSSR count). The first-order valence-corrected chi connectivity index (χ1v) is 14.8. The molecule has 0 saturated carbocycles. The number of nitrogens with one attached hydrogen (secondary N) is 1. The van der Waals surface area contributed by atoms with Crippen LogP contribution in [0.1, 0.15) is 41.3 Å². The van der Waals surface area contributed by atoms with E-state index in [2.05, 4.69) is 12.4 Å². The predicted molar refractivity (Wildman–Crippen MR) is 163 cm³/mol. The summed E-state index contributed by atoms with van der Waals surface area (Å²) in [5, 5.41) is 12.7. The van der Waals surface area contributed by atoms with Crippen molar-refractivity contribution in [3.8, 4) is 17.2 Å². The molecule has 2 aliphatic heterocycles. The van der Waals surface area contributed by atoms with Gasteiger partial charge in [-0.3, -0.25) is 4.79 Å². The van der Waals surface area contributed by atoms with Crippen molar-refractivity contribution in [1.29, 1.82) is 0 Å². The molecule has 1 fully saturated rings. The zero-order valence-corrected chi connectivity index (χ0v) is 25.0. The molecule has 0 aliphatic carbocycles. The third kappa shape index (κ3) is 7.23. The number of primary amides is 1. The first-order valence-electron chi connectivity index (χ1n) is 14.8. The second kappa shape index (κ2) is 13.3. The number of amides is 3. The van der Waals surface area contributed by atoms with Crippen molar-refractivity contribution in [2.45, 2.75) is 44.8 Å². The Bertz CT molecular complexity index is 1490. The summed E-state index contributed by atoms with van der Waals surface area (Å²) in [5.74, 6) is 0.483. The van der Waals surface area contributed by atoms with Crippen LogP contribution < -0.4 is 20.5 Å². The van der Waals surface area contributed by atoms with Crippen molar-refractivity contribution in [2.75, 3.05) is 38.9 Å². The molecule has 2 aliphatic rings. The number of fused-ring (bicyclic) bond motifs is 1. The number of hydrogen-bond acceptors (Lipinski definition) is 7. The summed E-state index contributed by atoms with van der Waals surface area (Å²) in [5.41, 5.74) is 8.67. The number of carbonyl (C=O) groups is 3. The molecule has 0 aromatic heterocycles. The number of anilines is 1. The molecule has 0 radical (unpaired) electrons. The standard InChI is InChI=1S/C33H38N4O7/c1-3-42-32(40)24-9-11-25(12-10-24)35-33(41)36(28(31(34)39)17-22-6-13-27(38)14-7-22)26-5-4-16-37(2,20-26)19-23-8-15-29-30(18-23)44-21-43-29/h6-15,18,26,28H,3-5,16-17,19-21H2,1-2H3,(H3-,34,35,38,39,40,41)/p+1/t26?,28-,37?/m0/s1. The quantitative estimate of drug-likeness (QED) is 0.235. The number of nitrogens with zero attached hydrogens (tertiary/aromatic N) is 2. The normalized spacial score (nSPS) is 19.5. The van der Waals surface area contributed by atoms with E-state index in [1.165, 1.54) is 0 Å². The minimum Gasteiger partial charge on any atom is -0.508 e. The van der Waals surface area contributed by atoms with Crippen LogP contribution in [0.3, 0.4) is 0 Å². The van der Waals surface area contributed by atoms with Gasteiger partial charge in [-0.15, -0.1) is 0 Å². The van der Waals surface area contributed by atoms with Crippen molar-refractivity contribution in [1.82, 2.24) is 4.90 Å². The highest BCUT2D eigenvalue weighted by Crippen LogP contribution is 2.34. The van der Waals surface area contributed by atoms with Crippen molar-refractivity contribution in [3.05, 3.63) is 83.4 Å². The van der Waals surface area contributed by atoms with Crippen LogP contribution in [-0.4, -0.2) is 78.0 Å². The van der Waals surface area contributed by atoms with E-state index < -0.39 is 23.9 Å². The van der Waals surface area contributed by atoms with Gasteiger partial charge in [0.05, 0.1) is 38.3 Å². The largest absolute Gasteiger partial charge is 0.508 e. The average molecular weight is 604 g/mol. The van der Waals surface area contributed by atoms with Gasteiger partial charge in [-0.2, -0.15) is 0 Å². The Morgan fingerprint density at radius 2 is 1.75 bits per heavy atom. The van der Waals surface area contributed by atoms with Crippen molar-refractivity contribution >= 4 is 23.6 Å². The van der Waals surface area contributed by atoms with Gasteiger partial charge in [0.1, 0.15) is 18.3 Å². The second-order valence-electron chi connectivity index (χ2n) is 11.6. The molecular weight excluding hydrogens is 564 g/mol. The highest BCUT2D eigenvalue weighted by Gasteiger charge is 2.41. The minimum absolute atomic E-state index is 0.106. The molecule has 1 saturated heterocycles. The van der Waals surface area contributed by atoms with Crippen LogP contribution in [0.15, 0.2) is 66.7 Å². The third-order valence-corrected chi connectivity index (χ3v) is 8.19. The lowest BCUT2D eigenvalue weighted by Crippen LogP contribution is -2.62. The van der Waals surface area contributed by atoms with E-state index in [1.807, 2.05) is 18.2 Å². The summed E-state index contributed by atoms with van der Waals surface area (Å²) in [6.07, 6.45) is 1.73. The number of aromatic hydroxyl groups is 1. The molecule has 3 aromatic rings. The number of urea groups is 1. The molecule has 44 heavy (non-hydrogen) atoms. The van der Waals surface area contributed by atoms with E-state index in [0.717, 1.165) is 35.6 Å². The first kappa shape index (κ1) is 30.7. The number of carbonyl (C=O) groups excluding carboxylic acids is 3. The summed E-state index contributed by atoms with van der Waals surface area (Å²) in [4.78, 5) is 40.8. The predicted octanol–water partition coefficient (Wildman–Crippen LogP) is 4.04. The second-order valence-corrected chi connectivity index (χ2v) is 11.6. The summed E-state index contributed by atoms with van der Waals surface area (Å²) in [7, 11) is 2.15. The van der Waals surface area contributed by atoms with E-state index in [0.29, 0.717) is 35.2 Å². The van der Waals surface area contributed by atoms with Gasteiger partial charge < -0.3 is 39.8 Å². The lowest BCUT2D eigenvalue weighted by atomic mass is 9.96. The van der Waals surface area contributed by atoms with Gasteiger partial charge in [0.15, 0.2) is 11.5 Å². The van der Waals surface area contributed by atoms with Crippen LogP contribution in [0.4, 0.5) is 10.5 Å². The highest BCUT2D eigenvalue weighted by atomic mass is 16.7. The number of rotatable bonds is 10. The molecule has 3 amide bonds. The van der Waals surface area contributed by atoms with Crippen molar-refractivity contribution in [3.63, 3.8) is 0 Å². The number of likely N-dealkylation sites (N-methyl/N-ethyl adjacent to an activating group) is 1. The number of likely N-dealkylation sites (tertiary alicyclic amines) is 1. The maximum absolute atomic E-state index is 14.1. The van der Waals surface area contributed by atoms with Gasteiger partial charge in [-0.1, -0.05) is 12.1 Å². The zero-order valence-electron chi connectivity index (χ0n) is 25.0. The number of ether oxygens (including phenoxy) is 3. The van der Waals surface area contributed by atoms with Crippen LogP contribution in [0, 0.1) is 0 Å². The minimum atomic E-state index is -0.944. The van der Waals surface area contributed by atoms with Gasteiger partial charge in [0.25, 0.3) is 0 Å². The molecule has 2 heterocycles. The van der Waals surface area contributed by atoms with E-state index in [-0.39, 0.29) is 31.6 Å². The fourth-order valence-corrected chi connectivity index (χ4v) is 6.10. The molecule has 11 nitrogen and oxygen atoms in total. The maximum Gasteiger partial charge on any atom is 0.338 e. The fraction of sp³-hybridized carbons (Fsp3) is 0.364. The summed E-state index contributed by atoms with van der Waals surface area (Å²) >= 11 is 0. The number of quaternary nitrogens is 1. The van der Waals surface area contributed by atoms with Gasteiger partial charge in [0.2, 0.25) is 12.7 Å². The SMILES string of the molecule is CCOC(=O)c1ccc(NC(=O)N(C2CCC[N+](C)(Cc3ccc4c(c3)OCO4)C2)[C@@H](Cc2ccc(O)cc2)C(N)=O)cc1. The van der Waals surface area contributed by atoms with Crippen LogP contribution in [-0.2, 0) is 22.5 Å². The number of piperidine rings is 1. The lowest BCUT2D eigenvalue weighted by molar-refractivity contribution is -0.928. The van der Waals surface area contributed by atoms with E-state index in [4.69, 9.17) is 19.9 Å². The first-order chi connectivity index (χ1) is 21.1. The van der Waals surface area contributed by atoms with Crippen LogP contribution in [0.2, 0.25) is 0 Å². The van der Waals surface area contributed by atoms with Gasteiger partial charge in [-0.25, -0.2) is 9.59 Å². The molecule has 2 unspecified atom stereocenters. The average Bonchev–Trinajstić information content (AvgIpc) is 3.46. The number of phenolic OH excluding ortho intramolecular Hbond substituents is 1. The van der Waals surface area contributed by atoms with E-state index in [1.54, 1.807) is 60.4 Å². The zero-order chi connectivity index (χ0) is 31.3. The lowest BCUT2D eigenvalue weighted by Gasteiger charge is -2.46. The smallest absolute Gasteiger partial charge is 0.338 e. The Hall–Kier alpha value is -4.77. The number of benzene rings is 3. The van der Waals surface area contributed by atoms with Crippen molar-refractivity contribution < 1.29 is 38.2 Å². The fourth-order valence-electron chi connectivity index (χ4n) is 6.10. The number of nitrogens with two attached hydrogens (primary N) is 1. The van der Waals surface area contributed by atoms with Crippen LogP contribution >= 0.6 is 0 Å². The third-order valence-electron chi connectivity index (χ3n) is 8.19. The Morgan fingerprint density at radius 3 is 2.45 bits per heavy atom. The summed E-state index contributed by atoms with van der Waals surface area (Å²) < 4.78 is 16.7. The number of hydrogen-bond donors (Lipinski definition) is 3. The Labute approximate surface area is 256 Å². The molecule has 11 heteroatoms. The maximum atomic E-state index is 14.1. The van der Waals surface area contributed by atoms with Gasteiger partial charge in [0, 0.05) is 17.7 Å². The Kier molecular flexibility index (Phi) is 9.24. The monoisotopic (exact) mass is 603 g/mol. The van der Waals surface area contributed by atoms with Crippen LogP contribution in [0.5, 0.6) is 17.2 Å². The molecule has 4 N–H and O–H groups in total. The van der Waals surface area contributed by atoms with Crippen molar-refractivity contribution in [2.24, 2.45) is 5.73 Å². The molecule has 0 spiro atoms. The number of phenols is 1. The molecule has 3 aromatic carbocycles. The van der Waals surface area contributed by atoms with E-state index in [9.17, 15) is 19.5 Å². The highest BCUT2D eigenvalue weighted by molar-refractivity contribution is 5.95. The molecule has 3 atom stereocenters. The summed E-state index contributed by atoms with van der Waals surface area (Å²) in [6, 6.07) is 17.2. The van der Waals surface area contributed by atoms with Gasteiger partial charge >= 0.3 is 12.0 Å². The summed E-state index contributed by atoms with van der Waals surface area (Å²) in [6.45, 7) is 4.40. The topological polar surface area (TPSA) is 140 Å². The number of esters is 1. The van der Waals surface area contributed by atoms with E-state index >= 15 is 0 Å². The van der Waals surface area contributed by atoms with Crippen LogP contribution in [0.25, 0.3) is 0 Å². The molecule has 0 bridgehead atoms. The Morgan fingerprint density at radius 1 is 1.05 bits per heavy atom. The molecular formula is C33H39N4O7+. The Balaban J connectivity index is 1.41. The van der Waals surface area contributed by atoms with Gasteiger partial charge in [-0.05, 0) is 79.9 Å². The molecule has 232 valence electrons.